The molecule has 2 amide bonds. The fraction of sp³-hybridized carbons (Fsp3) is 0.538. The number of carbonyl (C=O) groups is 2. The van der Waals surface area contributed by atoms with Crippen molar-refractivity contribution in [3.63, 3.8) is 0 Å². The maximum Gasteiger partial charge on any atom is 0.251 e. The summed E-state index contributed by atoms with van der Waals surface area (Å²) in [7, 11) is 0. The number of primary amides is 1. The minimum absolute atomic E-state index is 0.0607. The first-order valence-electron chi connectivity index (χ1n) is 6.74. The highest BCUT2D eigenvalue weighted by atomic mass is 32.1. The summed E-state index contributed by atoms with van der Waals surface area (Å²) in [6.45, 7) is 3.99. The Balaban J connectivity index is 1.89. The summed E-state index contributed by atoms with van der Waals surface area (Å²) >= 11 is 1.28. The quantitative estimate of drug-likeness (QED) is 0.699. The molecule has 0 saturated carbocycles. The molecule has 1 aliphatic rings. The molecule has 0 spiro atoms. The zero-order chi connectivity index (χ0) is 15.4. The first-order chi connectivity index (χ1) is 9.97. The third kappa shape index (κ3) is 4.24. The molecule has 116 valence electrons. The normalized spacial score (nSPS) is 21.0. The number of hydrogen-bond acceptors (Lipinski definition) is 6. The SMILES string of the molecule is CC(N)C1CN(CC(=O)Nc2sccc2C(N)=O)CCO1. The molecule has 5 N–H and O–H groups in total. The van der Waals surface area contributed by atoms with E-state index in [1.807, 2.05) is 11.8 Å². The van der Waals surface area contributed by atoms with Gasteiger partial charge in [-0.15, -0.1) is 11.3 Å². The average Bonchev–Trinajstić information content (AvgIpc) is 2.87. The molecule has 1 aliphatic heterocycles. The number of nitrogens with zero attached hydrogens (tertiary/aromatic N) is 1. The van der Waals surface area contributed by atoms with E-state index in [0.29, 0.717) is 30.3 Å². The lowest BCUT2D eigenvalue weighted by Crippen LogP contribution is -2.51. The second-order valence-electron chi connectivity index (χ2n) is 5.08. The third-order valence-corrected chi connectivity index (χ3v) is 4.14. The van der Waals surface area contributed by atoms with Gasteiger partial charge in [0.25, 0.3) is 5.91 Å². The summed E-state index contributed by atoms with van der Waals surface area (Å²) in [4.78, 5) is 25.3. The van der Waals surface area contributed by atoms with Gasteiger partial charge in [-0.05, 0) is 18.4 Å². The van der Waals surface area contributed by atoms with Crippen molar-refractivity contribution in [2.75, 3.05) is 31.6 Å². The van der Waals surface area contributed by atoms with Gasteiger partial charge in [0.05, 0.1) is 24.8 Å². The van der Waals surface area contributed by atoms with Crippen LogP contribution in [0.2, 0.25) is 0 Å². The summed E-state index contributed by atoms with van der Waals surface area (Å²) in [5, 5.41) is 4.94. The maximum atomic E-state index is 12.1. The van der Waals surface area contributed by atoms with E-state index in [4.69, 9.17) is 16.2 Å². The molecule has 2 unspecified atom stereocenters. The number of hydrogen-bond donors (Lipinski definition) is 3. The first-order valence-corrected chi connectivity index (χ1v) is 7.62. The number of carbonyl (C=O) groups excluding carboxylic acids is 2. The Hall–Kier alpha value is -1.48. The van der Waals surface area contributed by atoms with Crippen LogP contribution in [-0.4, -0.2) is 55.1 Å². The van der Waals surface area contributed by atoms with Crippen molar-refractivity contribution >= 4 is 28.2 Å². The summed E-state index contributed by atoms with van der Waals surface area (Å²) in [5.41, 5.74) is 11.4. The third-order valence-electron chi connectivity index (χ3n) is 3.31. The summed E-state index contributed by atoms with van der Waals surface area (Å²) < 4.78 is 5.55. The van der Waals surface area contributed by atoms with E-state index in [1.165, 1.54) is 11.3 Å². The molecular weight excluding hydrogens is 292 g/mol. The molecule has 1 saturated heterocycles. The summed E-state index contributed by atoms with van der Waals surface area (Å²) in [5.74, 6) is -0.722. The summed E-state index contributed by atoms with van der Waals surface area (Å²) in [6, 6.07) is 1.53. The van der Waals surface area contributed by atoms with Crippen LogP contribution in [0, 0.1) is 0 Å². The van der Waals surface area contributed by atoms with Gasteiger partial charge < -0.3 is 21.5 Å². The molecule has 2 atom stereocenters. The number of anilines is 1. The Bertz CT molecular complexity index is 517. The van der Waals surface area contributed by atoms with E-state index >= 15 is 0 Å². The van der Waals surface area contributed by atoms with E-state index in [-0.39, 0.29) is 24.6 Å². The van der Waals surface area contributed by atoms with Crippen LogP contribution in [0.3, 0.4) is 0 Å². The minimum atomic E-state index is -0.546. The maximum absolute atomic E-state index is 12.1. The Kier molecular flexibility index (Phi) is 5.29. The predicted octanol–water partition coefficient (Wildman–Crippen LogP) is -0.166. The van der Waals surface area contributed by atoms with Gasteiger partial charge in [-0.25, -0.2) is 0 Å². The fourth-order valence-electron chi connectivity index (χ4n) is 2.16. The van der Waals surface area contributed by atoms with Crippen LogP contribution >= 0.6 is 11.3 Å². The number of morpholine rings is 1. The van der Waals surface area contributed by atoms with Gasteiger partial charge in [0, 0.05) is 19.1 Å². The average molecular weight is 312 g/mol. The van der Waals surface area contributed by atoms with Crippen LogP contribution in [0.15, 0.2) is 11.4 Å². The fourth-order valence-corrected chi connectivity index (χ4v) is 2.97. The second-order valence-corrected chi connectivity index (χ2v) is 6.00. The lowest BCUT2D eigenvalue weighted by Gasteiger charge is -2.34. The number of rotatable bonds is 5. The zero-order valence-corrected chi connectivity index (χ0v) is 12.7. The van der Waals surface area contributed by atoms with E-state index < -0.39 is 5.91 Å². The zero-order valence-electron chi connectivity index (χ0n) is 11.9. The van der Waals surface area contributed by atoms with Gasteiger partial charge in [0.1, 0.15) is 5.00 Å². The molecule has 2 heterocycles. The van der Waals surface area contributed by atoms with Gasteiger partial charge in [0.15, 0.2) is 0 Å². The highest BCUT2D eigenvalue weighted by Gasteiger charge is 2.25. The van der Waals surface area contributed by atoms with Crippen molar-refractivity contribution < 1.29 is 14.3 Å². The van der Waals surface area contributed by atoms with E-state index in [1.54, 1.807) is 11.4 Å². The van der Waals surface area contributed by atoms with Crippen molar-refractivity contribution in [2.24, 2.45) is 11.5 Å². The van der Waals surface area contributed by atoms with Crippen molar-refractivity contribution in [3.8, 4) is 0 Å². The van der Waals surface area contributed by atoms with E-state index in [9.17, 15) is 9.59 Å². The van der Waals surface area contributed by atoms with Gasteiger partial charge in [-0.2, -0.15) is 0 Å². The number of thiophene rings is 1. The molecule has 21 heavy (non-hydrogen) atoms. The van der Waals surface area contributed by atoms with Crippen LogP contribution in [0.25, 0.3) is 0 Å². The van der Waals surface area contributed by atoms with Crippen LogP contribution in [0.4, 0.5) is 5.00 Å². The largest absolute Gasteiger partial charge is 0.374 e. The molecule has 1 aromatic heterocycles. The lowest BCUT2D eigenvalue weighted by molar-refractivity contribution is -0.119. The van der Waals surface area contributed by atoms with Crippen LogP contribution in [0.1, 0.15) is 17.3 Å². The molecule has 0 aromatic carbocycles. The van der Waals surface area contributed by atoms with Crippen molar-refractivity contribution in [1.82, 2.24) is 4.90 Å². The van der Waals surface area contributed by atoms with Gasteiger partial charge in [0.2, 0.25) is 5.91 Å². The molecule has 0 radical (unpaired) electrons. The van der Waals surface area contributed by atoms with Crippen molar-refractivity contribution in [2.45, 2.75) is 19.1 Å². The van der Waals surface area contributed by atoms with Crippen LogP contribution in [0.5, 0.6) is 0 Å². The molecule has 1 aromatic rings. The number of nitrogens with two attached hydrogens (primary N) is 2. The highest BCUT2D eigenvalue weighted by molar-refractivity contribution is 7.14. The topological polar surface area (TPSA) is 111 Å². The monoisotopic (exact) mass is 312 g/mol. The van der Waals surface area contributed by atoms with E-state index in [2.05, 4.69) is 5.32 Å². The highest BCUT2D eigenvalue weighted by Crippen LogP contribution is 2.22. The Morgan fingerprint density at radius 1 is 1.62 bits per heavy atom. The number of ether oxygens (including phenoxy) is 1. The Morgan fingerprint density at radius 3 is 3.05 bits per heavy atom. The molecule has 1 fully saturated rings. The molecule has 7 nitrogen and oxygen atoms in total. The van der Waals surface area contributed by atoms with E-state index in [0.717, 1.165) is 0 Å². The van der Waals surface area contributed by atoms with Crippen molar-refractivity contribution in [1.29, 1.82) is 0 Å². The number of amides is 2. The smallest absolute Gasteiger partial charge is 0.251 e. The molecular formula is C13H20N4O3S. The Labute approximate surface area is 127 Å². The van der Waals surface area contributed by atoms with Gasteiger partial charge in [-0.3, -0.25) is 14.5 Å². The molecule has 8 heteroatoms. The Morgan fingerprint density at radius 2 is 2.38 bits per heavy atom. The predicted molar refractivity (Wildman–Crippen MR) is 81.3 cm³/mol. The second kappa shape index (κ2) is 6.99. The minimum Gasteiger partial charge on any atom is -0.374 e. The molecule has 0 aliphatic carbocycles. The first kappa shape index (κ1) is 15.9. The molecule has 0 bridgehead atoms. The molecule has 2 rings (SSSR count). The van der Waals surface area contributed by atoms with Crippen LogP contribution < -0.4 is 16.8 Å². The van der Waals surface area contributed by atoms with Crippen molar-refractivity contribution in [3.05, 3.63) is 17.0 Å². The number of nitrogens with one attached hydrogen (secondary N) is 1. The summed E-state index contributed by atoms with van der Waals surface area (Å²) in [6.07, 6.45) is -0.0607. The lowest BCUT2D eigenvalue weighted by atomic mass is 10.1. The van der Waals surface area contributed by atoms with Gasteiger partial charge >= 0.3 is 0 Å². The van der Waals surface area contributed by atoms with Crippen LogP contribution in [-0.2, 0) is 9.53 Å². The standard InChI is InChI=1S/C13H20N4O3S/c1-8(14)10-6-17(3-4-20-10)7-11(18)16-13-9(12(15)19)2-5-21-13/h2,5,8,10H,3-4,6-7,14H2,1H3,(H2,15,19)(H,16,18). The van der Waals surface area contributed by atoms with Gasteiger partial charge in [-0.1, -0.05) is 0 Å².